The monoisotopic (exact) mass is 232 g/mol. The molecule has 82 valence electrons. The van der Waals surface area contributed by atoms with Gasteiger partial charge in [-0.3, -0.25) is 0 Å². The summed E-state index contributed by atoms with van der Waals surface area (Å²) in [6, 6.07) is 5.89. The standard InChI is InChI=1S/C12H12N2OS/c1-7-13-11-5-4-9(15-8-2-3-8)6-10(11)12(16)14-7/h4-6,8H,2-3H2,1H3,(H,13,14,16). The Labute approximate surface area is 99.3 Å². The van der Waals surface area contributed by atoms with Crippen LogP contribution in [-0.2, 0) is 0 Å². The van der Waals surface area contributed by atoms with Gasteiger partial charge < -0.3 is 4.74 Å². The smallest absolute Gasteiger partial charge is 0.127 e. The molecule has 2 aromatic rings. The molecule has 0 N–H and O–H groups in total. The Hall–Kier alpha value is -1.29. The van der Waals surface area contributed by atoms with Gasteiger partial charge in [0, 0.05) is 5.39 Å². The summed E-state index contributed by atoms with van der Waals surface area (Å²) in [5, 5.41) is 1.66. The molecule has 0 radical (unpaired) electrons. The van der Waals surface area contributed by atoms with Gasteiger partial charge in [0.15, 0.2) is 0 Å². The Morgan fingerprint density at radius 1 is 1.31 bits per heavy atom. The quantitative estimate of drug-likeness (QED) is 0.638. The van der Waals surface area contributed by atoms with Crippen molar-refractivity contribution in [3.8, 4) is 5.75 Å². The van der Waals surface area contributed by atoms with Crippen LogP contribution in [0.3, 0.4) is 0 Å². The van der Waals surface area contributed by atoms with Crippen molar-refractivity contribution in [3.05, 3.63) is 24.0 Å². The number of benzene rings is 1. The van der Waals surface area contributed by atoms with Crippen molar-refractivity contribution in [2.75, 3.05) is 0 Å². The average Bonchev–Trinajstić information content (AvgIpc) is 3.03. The molecular formula is C12H12N2OS. The first-order valence-corrected chi connectivity index (χ1v) is 5.81. The molecule has 1 aliphatic carbocycles. The molecule has 0 amide bonds. The molecule has 0 aliphatic heterocycles. The average molecular weight is 232 g/mol. The number of nitrogens with zero attached hydrogens (tertiary/aromatic N) is 2. The summed E-state index contributed by atoms with van der Waals surface area (Å²) in [4.78, 5) is 8.59. The van der Waals surface area contributed by atoms with Gasteiger partial charge in [-0.05, 0) is 38.0 Å². The predicted octanol–water partition coefficient (Wildman–Crippen LogP) is 2.77. The zero-order chi connectivity index (χ0) is 11.1. The van der Waals surface area contributed by atoms with Crippen LogP contribution in [0.2, 0.25) is 0 Å². The zero-order valence-electron chi connectivity index (χ0n) is 8.97. The van der Waals surface area contributed by atoms with Crippen molar-refractivity contribution in [2.45, 2.75) is 30.9 Å². The number of aryl methyl sites for hydroxylation is 1. The molecule has 0 spiro atoms. The Morgan fingerprint density at radius 2 is 2.12 bits per heavy atom. The summed E-state index contributed by atoms with van der Waals surface area (Å²) >= 11 is 4.37. The first-order valence-electron chi connectivity index (χ1n) is 5.36. The highest BCUT2D eigenvalue weighted by Gasteiger charge is 2.23. The van der Waals surface area contributed by atoms with Crippen molar-refractivity contribution in [1.82, 2.24) is 9.97 Å². The molecule has 16 heavy (non-hydrogen) atoms. The number of fused-ring (bicyclic) bond motifs is 1. The largest absolute Gasteiger partial charge is 0.490 e. The summed E-state index contributed by atoms with van der Waals surface area (Å²) < 4.78 is 5.73. The Balaban J connectivity index is 2.08. The van der Waals surface area contributed by atoms with Gasteiger partial charge in [-0.2, -0.15) is 0 Å². The number of hydrogen-bond donors (Lipinski definition) is 1. The minimum Gasteiger partial charge on any atom is -0.490 e. The summed E-state index contributed by atoms with van der Waals surface area (Å²) in [5.74, 6) is 1.63. The van der Waals surface area contributed by atoms with E-state index in [9.17, 15) is 0 Å². The van der Waals surface area contributed by atoms with Crippen LogP contribution < -0.4 is 4.74 Å². The van der Waals surface area contributed by atoms with E-state index in [2.05, 4.69) is 22.6 Å². The molecule has 1 aliphatic rings. The lowest BCUT2D eigenvalue weighted by molar-refractivity contribution is 0.303. The van der Waals surface area contributed by atoms with Crippen LogP contribution in [-0.4, -0.2) is 16.1 Å². The van der Waals surface area contributed by atoms with Gasteiger partial charge in [0.2, 0.25) is 0 Å². The minimum absolute atomic E-state index is 0.409. The molecule has 1 saturated carbocycles. The maximum atomic E-state index is 5.73. The SMILES string of the molecule is Cc1nc(S)c2cc(OC3CC3)ccc2n1. The molecule has 0 bridgehead atoms. The zero-order valence-corrected chi connectivity index (χ0v) is 9.87. The molecule has 0 saturated heterocycles. The lowest BCUT2D eigenvalue weighted by atomic mass is 10.2. The maximum absolute atomic E-state index is 5.73. The lowest BCUT2D eigenvalue weighted by Crippen LogP contribution is -1.97. The number of hydrogen-bond acceptors (Lipinski definition) is 4. The second-order valence-corrected chi connectivity index (χ2v) is 4.51. The van der Waals surface area contributed by atoms with E-state index < -0.39 is 0 Å². The Kier molecular flexibility index (Phi) is 2.24. The van der Waals surface area contributed by atoms with E-state index in [1.807, 2.05) is 25.1 Å². The van der Waals surface area contributed by atoms with E-state index in [0.717, 1.165) is 35.3 Å². The van der Waals surface area contributed by atoms with E-state index in [1.165, 1.54) is 0 Å². The summed E-state index contributed by atoms with van der Waals surface area (Å²) in [7, 11) is 0. The van der Waals surface area contributed by atoms with E-state index in [1.54, 1.807) is 0 Å². The fourth-order valence-corrected chi connectivity index (χ4v) is 1.98. The lowest BCUT2D eigenvalue weighted by Gasteiger charge is -2.06. The molecule has 0 unspecified atom stereocenters. The van der Waals surface area contributed by atoms with Gasteiger partial charge in [-0.25, -0.2) is 9.97 Å². The van der Waals surface area contributed by atoms with Gasteiger partial charge in [0.25, 0.3) is 0 Å². The predicted molar refractivity (Wildman–Crippen MR) is 65.2 cm³/mol. The van der Waals surface area contributed by atoms with Gasteiger partial charge in [0.1, 0.15) is 16.6 Å². The molecular weight excluding hydrogens is 220 g/mol. The van der Waals surface area contributed by atoms with Crippen LogP contribution in [0.5, 0.6) is 5.75 Å². The van der Waals surface area contributed by atoms with Crippen LogP contribution in [0, 0.1) is 6.92 Å². The first kappa shape index (κ1) is 9.90. The minimum atomic E-state index is 0.409. The fourth-order valence-electron chi connectivity index (χ4n) is 1.66. The number of aromatic nitrogens is 2. The van der Waals surface area contributed by atoms with Crippen molar-refractivity contribution in [2.24, 2.45) is 0 Å². The number of ether oxygens (including phenoxy) is 1. The van der Waals surface area contributed by atoms with E-state index in [0.29, 0.717) is 11.1 Å². The van der Waals surface area contributed by atoms with Gasteiger partial charge in [0.05, 0.1) is 11.6 Å². The second-order valence-electron chi connectivity index (χ2n) is 4.09. The maximum Gasteiger partial charge on any atom is 0.127 e. The number of rotatable bonds is 2. The van der Waals surface area contributed by atoms with Crippen LogP contribution in [0.15, 0.2) is 23.2 Å². The van der Waals surface area contributed by atoms with Crippen molar-refractivity contribution in [3.63, 3.8) is 0 Å². The van der Waals surface area contributed by atoms with Crippen molar-refractivity contribution in [1.29, 1.82) is 0 Å². The first-order chi connectivity index (χ1) is 7.72. The van der Waals surface area contributed by atoms with E-state index in [-0.39, 0.29) is 0 Å². The van der Waals surface area contributed by atoms with Crippen LogP contribution in [0.25, 0.3) is 10.9 Å². The molecule has 4 heteroatoms. The summed E-state index contributed by atoms with van der Waals surface area (Å²) in [5.41, 5.74) is 0.917. The second kappa shape index (κ2) is 3.63. The highest BCUT2D eigenvalue weighted by atomic mass is 32.1. The molecule has 1 aromatic carbocycles. The van der Waals surface area contributed by atoms with Gasteiger partial charge in [-0.1, -0.05) is 0 Å². The molecule has 3 nitrogen and oxygen atoms in total. The molecule has 1 aromatic heterocycles. The third-order valence-electron chi connectivity index (χ3n) is 2.59. The highest BCUT2D eigenvalue weighted by molar-refractivity contribution is 7.80. The molecule has 1 heterocycles. The van der Waals surface area contributed by atoms with Gasteiger partial charge >= 0.3 is 0 Å². The van der Waals surface area contributed by atoms with Crippen molar-refractivity contribution >= 4 is 23.5 Å². The van der Waals surface area contributed by atoms with E-state index in [4.69, 9.17) is 4.74 Å². The van der Waals surface area contributed by atoms with Crippen LogP contribution in [0.1, 0.15) is 18.7 Å². The highest BCUT2D eigenvalue weighted by Crippen LogP contribution is 2.29. The normalized spacial score (nSPS) is 15.4. The summed E-state index contributed by atoms with van der Waals surface area (Å²) in [6.07, 6.45) is 2.74. The molecule has 1 fully saturated rings. The fraction of sp³-hybridized carbons (Fsp3) is 0.333. The number of thiol groups is 1. The topological polar surface area (TPSA) is 35.0 Å². The summed E-state index contributed by atoms with van der Waals surface area (Å²) in [6.45, 7) is 1.87. The molecule has 3 rings (SSSR count). The van der Waals surface area contributed by atoms with Crippen LogP contribution >= 0.6 is 12.6 Å². The van der Waals surface area contributed by atoms with Gasteiger partial charge in [-0.15, -0.1) is 12.6 Å². The van der Waals surface area contributed by atoms with E-state index >= 15 is 0 Å². The third kappa shape index (κ3) is 1.85. The Morgan fingerprint density at radius 3 is 2.88 bits per heavy atom. The third-order valence-corrected chi connectivity index (χ3v) is 2.93. The van der Waals surface area contributed by atoms with Crippen LogP contribution in [0.4, 0.5) is 0 Å². The molecule has 0 atom stereocenters. The van der Waals surface area contributed by atoms with Crippen molar-refractivity contribution < 1.29 is 4.74 Å². The Bertz CT molecular complexity index is 552.